The van der Waals surface area contributed by atoms with Crippen LogP contribution in [0.1, 0.15) is 19.3 Å². The fraction of sp³-hybridized carbons (Fsp3) is 0.917. The minimum Gasteiger partial charge on any atom is -0.339 e. The number of carbonyl (C=O) groups is 1. The lowest BCUT2D eigenvalue weighted by atomic mass is 10.1. The standard InChI is InChI=1S/C12H23N3O3S/c1-19(17,18)15-9-7-14(8-10-15)12(16)11-13-5-3-2-4-6-13/h2-11H2,1H3. The summed E-state index contributed by atoms with van der Waals surface area (Å²) in [6, 6.07) is 0. The van der Waals surface area contributed by atoms with Crippen LogP contribution in [0.15, 0.2) is 0 Å². The Morgan fingerprint density at radius 2 is 1.53 bits per heavy atom. The van der Waals surface area contributed by atoms with Gasteiger partial charge in [-0.2, -0.15) is 4.31 Å². The highest BCUT2D eigenvalue weighted by Crippen LogP contribution is 2.10. The molecule has 0 aromatic heterocycles. The Kier molecular flexibility index (Phi) is 4.81. The summed E-state index contributed by atoms with van der Waals surface area (Å²) in [5.74, 6) is 0.134. The van der Waals surface area contributed by atoms with Crippen molar-refractivity contribution >= 4 is 15.9 Å². The minimum absolute atomic E-state index is 0.134. The van der Waals surface area contributed by atoms with Crippen LogP contribution in [-0.2, 0) is 14.8 Å². The van der Waals surface area contributed by atoms with Gasteiger partial charge in [0, 0.05) is 26.2 Å². The third-order valence-corrected chi connectivity index (χ3v) is 5.17. The Hall–Kier alpha value is -0.660. The van der Waals surface area contributed by atoms with E-state index in [4.69, 9.17) is 0 Å². The van der Waals surface area contributed by atoms with E-state index >= 15 is 0 Å². The van der Waals surface area contributed by atoms with E-state index in [-0.39, 0.29) is 5.91 Å². The zero-order valence-corrected chi connectivity index (χ0v) is 12.4. The highest BCUT2D eigenvalue weighted by molar-refractivity contribution is 7.88. The summed E-state index contributed by atoms with van der Waals surface area (Å²) in [4.78, 5) is 16.1. The molecule has 6 nitrogen and oxygen atoms in total. The first kappa shape index (κ1) is 14.7. The number of amides is 1. The highest BCUT2D eigenvalue weighted by Gasteiger charge is 2.26. The lowest BCUT2D eigenvalue weighted by molar-refractivity contribution is -0.133. The van der Waals surface area contributed by atoms with E-state index in [1.54, 1.807) is 4.90 Å². The fourth-order valence-electron chi connectivity index (χ4n) is 2.68. The van der Waals surface area contributed by atoms with Crippen molar-refractivity contribution in [2.24, 2.45) is 0 Å². The van der Waals surface area contributed by atoms with Crippen LogP contribution >= 0.6 is 0 Å². The molecule has 2 rings (SSSR count). The van der Waals surface area contributed by atoms with Gasteiger partial charge >= 0.3 is 0 Å². The molecule has 2 heterocycles. The van der Waals surface area contributed by atoms with Crippen LogP contribution in [-0.4, -0.2) is 80.5 Å². The van der Waals surface area contributed by atoms with Gasteiger partial charge in [-0.3, -0.25) is 9.69 Å². The molecule has 2 aliphatic heterocycles. The molecule has 0 spiro atoms. The van der Waals surface area contributed by atoms with Gasteiger partial charge in [0.15, 0.2) is 0 Å². The second kappa shape index (κ2) is 6.19. The zero-order valence-electron chi connectivity index (χ0n) is 11.5. The Morgan fingerprint density at radius 3 is 2.05 bits per heavy atom. The maximum absolute atomic E-state index is 12.1. The molecule has 2 saturated heterocycles. The lowest BCUT2D eigenvalue weighted by Crippen LogP contribution is -2.52. The number of hydrogen-bond acceptors (Lipinski definition) is 4. The van der Waals surface area contributed by atoms with Crippen molar-refractivity contribution in [3.05, 3.63) is 0 Å². The number of rotatable bonds is 3. The van der Waals surface area contributed by atoms with Crippen molar-refractivity contribution in [2.75, 3.05) is 52.1 Å². The Bertz CT molecular complexity index is 410. The predicted molar refractivity (Wildman–Crippen MR) is 73.3 cm³/mol. The van der Waals surface area contributed by atoms with Gasteiger partial charge in [-0.25, -0.2) is 8.42 Å². The van der Waals surface area contributed by atoms with E-state index < -0.39 is 10.0 Å². The maximum Gasteiger partial charge on any atom is 0.236 e. The van der Waals surface area contributed by atoms with Crippen molar-refractivity contribution in [1.82, 2.24) is 14.1 Å². The number of piperidine rings is 1. The zero-order chi connectivity index (χ0) is 13.9. The molecule has 0 atom stereocenters. The summed E-state index contributed by atoms with van der Waals surface area (Å²) in [7, 11) is -3.12. The number of carbonyl (C=O) groups excluding carboxylic acids is 1. The molecule has 0 radical (unpaired) electrons. The van der Waals surface area contributed by atoms with E-state index in [9.17, 15) is 13.2 Å². The Labute approximate surface area is 115 Å². The molecule has 7 heteroatoms. The first-order valence-electron chi connectivity index (χ1n) is 6.92. The Morgan fingerprint density at radius 1 is 0.947 bits per heavy atom. The lowest BCUT2D eigenvalue weighted by Gasteiger charge is -2.35. The van der Waals surface area contributed by atoms with Crippen LogP contribution in [0.25, 0.3) is 0 Å². The molecule has 0 saturated carbocycles. The molecule has 0 bridgehead atoms. The molecular formula is C12H23N3O3S. The summed E-state index contributed by atoms with van der Waals surface area (Å²) in [5.41, 5.74) is 0. The summed E-state index contributed by atoms with van der Waals surface area (Å²) >= 11 is 0. The number of sulfonamides is 1. The van der Waals surface area contributed by atoms with Crippen molar-refractivity contribution in [2.45, 2.75) is 19.3 Å². The van der Waals surface area contributed by atoms with Gasteiger partial charge in [-0.15, -0.1) is 0 Å². The first-order valence-corrected chi connectivity index (χ1v) is 8.77. The minimum atomic E-state index is -3.12. The molecule has 0 unspecified atom stereocenters. The van der Waals surface area contributed by atoms with Crippen LogP contribution < -0.4 is 0 Å². The second-order valence-electron chi connectivity index (χ2n) is 5.38. The van der Waals surface area contributed by atoms with Crippen molar-refractivity contribution in [1.29, 1.82) is 0 Å². The number of likely N-dealkylation sites (tertiary alicyclic amines) is 1. The smallest absolute Gasteiger partial charge is 0.236 e. The number of piperazine rings is 1. The van der Waals surface area contributed by atoms with E-state index in [1.807, 2.05) is 0 Å². The average Bonchev–Trinajstić information content (AvgIpc) is 2.39. The van der Waals surface area contributed by atoms with Gasteiger partial charge in [0.25, 0.3) is 0 Å². The molecule has 0 aliphatic carbocycles. The molecule has 2 fully saturated rings. The van der Waals surface area contributed by atoms with Gasteiger partial charge in [-0.1, -0.05) is 6.42 Å². The van der Waals surface area contributed by atoms with E-state index in [0.29, 0.717) is 32.7 Å². The van der Waals surface area contributed by atoms with Crippen LogP contribution in [0.2, 0.25) is 0 Å². The molecular weight excluding hydrogens is 266 g/mol. The molecule has 0 N–H and O–H groups in total. The van der Waals surface area contributed by atoms with Crippen LogP contribution in [0.4, 0.5) is 0 Å². The topological polar surface area (TPSA) is 60.9 Å². The van der Waals surface area contributed by atoms with Gasteiger partial charge < -0.3 is 4.90 Å². The number of hydrogen-bond donors (Lipinski definition) is 0. The SMILES string of the molecule is CS(=O)(=O)N1CCN(C(=O)CN2CCCCC2)CC1. The van der Waals surface area contributed by atoms with E-state index in [2.05, 4.69) is 4.90 Å². The highest BCUT2D eigenvalue weighted by atomic mass is 32.2. The molecule has 0 aromatic carbocycles. The fourth-order valence-corrected chi connectivity index (χ4v) is 3.50. The maximum atomic E-state index is 12.1. The average molecular weight is 289 g/mol. The monoisotopic (exact) mass is 289 g/mol. The largest absolute Gasteiger partial charge is 0.339 e. The third kappa shape index (κ3) is 4.15. The molecule has 2 aliphatic rings. The first-order chi connectivity index (χ1) is 8.97. The Balaban J connectivity index is 1.79. The molecule has 0 aromatic rings. The van der Waals surface area contributed by atoms with E-state index in [1.165, 1.54) is 29.8 Å². The third-order valence-electron chi connectivity index (χ3n) is 3.87. The van der Waals surface area contributed by atoms with Gasteiger partial charge in [0.05, 0.1) is 12.8 Å². The van der Waals surface area contributed by atoms with Crippen LogP contribution in [0, 0.1) is 0 Å². The van der Waals surface area contributed by atoms with Crippen molar-refractivity contribution in [3.63, 3.8) is 0 Å². The molecule has 110 valence electrons. The summed E-state index contributed by atoms with van der Waals surface area (Å²) in [5, 5.41) is 0. The van der Waals surface area contributed by atoms with E-state index in [0.717, 1.165) is 13.1 Å². The summed E-state index contributed by atoms with van der Waals surface area (Å²) in [6.45, 7) is 4.37. The quantitative estimate of drug-likeness (QED) is 0.708. The normalized spacial score (nSPS) is 23.5. The molecule has 1 amide bonds. The van der Waals surface area contributed by atoms with Gasteiger partial charge in [0.1, 0.15) is 0 Å². The summed E-state index contributed by atoms with van der Waals surface area (Å²) in [6.07, 6.45) is 4.83. The second-order valence-corrected chi connectivity index (χ2v) is 7.36. The predicted octanol–water partition coefficient (Wildman–Crippen LogP) is -0.424. The molecule has 19 heavy (non-hydrogen) atoms. The van der Waals surface area contributed by atoms with Gasteiger partial charge in [0.2, 0.25) is 15.9 Å². The van der Waals surface area contributed by atoms with Gasteiger partial charge in [-0.05, 0) is 25.9 Å². The van der Waals surface area contributed by atoms with Crippen molar-refractivity contribution < 1.29 is 13.2 Å². The van der Waals surface area contributed by atoms with Crippen molar-refractivity contribution in [3.8, 4) is 0 Å². The number of nitrogens with zero attached hydrogens (tertiary/aromatic N) is 3. The van der Waals surface area contributed by atoms with Crippen LogP contribution in [0.5, 0.6) is 0 Å². The van der Waals surface area contributed by atoms with Crippen LogP contribution in [0.3, 0.4) is 0 Å². The summed E-state index contributed by atoms with van der Waals surface area (Å²) < 4.78 is 24.2.